The van der Waals surface area contributed by atoms with Crippen LogP contribution in [0.4, 0.5) is 5.69 Å². The molecule has 1 atom stereocenters. The van der Waals surface area contributed by atoms with E-state index in [4.69, 9.17) is 13.9 Å². The predicted molar refractivity (Wildman–Crippen MR) is 104 cm³/mol. The molecule has 0 spiro atoms. The summed E-state index contributed by atoms with van der Waals surface area (Å²) in [4.78, 5) is 24.1. The van der Waals surface area contributed by atoms with Crippen molar-refractivity contribution < 1.29 is 23.5 Å². The summed E-state index contributed by atoms with van der Waals surface area (Å²) in [5.74, 6) is -0.526. The van der Waals surface area contributed by atoms with Crippen LogP contribution in [0.1, 0.15) is 20.8 Å². The Labute approximate surface area is 156 Å². The van der Waals surface area contributed by atoms with E-state index < -0.39 is 18.0 Å². The lowest BCUT2D eigenvalue weighted by atomic mass is 10.1. The smallest absolute Gasteiger partial charge is 0.331 e. The Bertz CT molecular complexity index is 1040. The van der Waals surface area contributed by atoms with Crippen LogP contribution in [0, 0.1) is 0 Å². The number of fused-ring (bicyclic) bond motifs is 3. The number of carbonyl (C=O) groups excluding carboxylic acids is 2. The summed E-state index contributed by atoms with van der Waals surface area (Å²) in [6.07, 6.45) is 0.384. The van der Waals surface area contributed by atoms with Gasteiger partial charge in [-0.2, -0.15) is 0 Å². The molecule has 1 N–H and O–H groups in total. The minimum atomic E-state index is -0.954. The second-order valence-electron chi connectivity index (χ2n) is 6.44. The molecular weight excluding hydrogens is 346 g/mol. The Morgan fingerprint density at radius 2 is 1.85 bits per heavy atom. The van der Waals surface area contributed by atoms with Crippen LogP contribution in [-0.2, 0) is 14.3 Å². The summed E-state index contributed by atoms with van der Waals surface area (Å²) in [5, 5.41) is 4.59. The van der Waals surface area contributed by atoms with Crippen molar-refractivity contribution in [2.75, 3.05) is 12.4 Å². The van der Waals surface area contributed by atoms with Crippen molar-refractivity contribution in [2.45, 2.75) is 26.9 Å². The third kappa shape index (κ3) is 3.95. The minimum absolute atomic E-state index is 0.444. The maximum absolute atomic E-state index is 12.4. The fraction of sp³-hybridized carbons (Fsp3) is 0.238. The number of rotatable bonds is 5. The molecule has 27 heavy (non-hydrogen) atoms. The van der Waals surface area contributed by atoms with Gasteiger partial charge in [0.2, 0.25) is 0 Å². The van der Waals surface area contributed by atoms with Gasteiger partial charge in [-0.05, 0) is 32.9 Å². The molecule has 6 heteroatoms. The lowest BCUT2D eigenvalue weighted by Gasteiger charge is -2.14. The Hall–Kier alpha value is -3.28. The first-order chi connectivity index (χ1) is 12.9. The Balaban J connectivity index is 1.87. The van der Waals surface area contributed by atoms with Gasteiger partial charge in [0.1, 0.15) is 16.9 Å². The highest BCUT2D eigenvalue weighted by Crippen LogP contribution is 2.36. The number of carbonyl (C=O) groups is 2. The molecule has 1 heterocycles. The van der Waals surface area contributed by atoms with E-state index in [9.17, 15) is 9.59 Å². The molecule has 0 unspecified atom stereocenters. The zero-order valence-electron chi connectivity index (χ0n) is 15.7. The molecule has 0 fully saturated rings. The Kier molecular flexibility index (Phi) is 5.16. The average Bonchev–Trinajstić information content (AvgIpc) is 2.97. The summed E-state index contributed by atoms with van der Waals surface area (Å²) in [5.41, 5.74) is 2.62. The second-order valence-corrected chi connectivity index (χ2v) is 6.44. The normalized spacial score (nSPS) is 11.9. The van der Waals surface area contributed by atoms with Crippen LogP contribution in [0.5, 0.6) is 5.75 Å². The van der Waals surface area contributed by atoms with Crippen LogP contribution in [-0.4, -0.2) is 25.1 Å². The van der Waals surface area contributed by atoms with Gasteiger partial charge in [0.05, 0.1) is 12.8 Å². The number of amides is 1. The molecule has 140 valence electrons. The number of benzene rings is 2. The van der Waals surface area contributed by atoms with Crippen molar-refractivity contribution in [1.29, 1.82) is 0 Å². The Morgan fingerprint density at radius 3 is 2.56 bits per heavy atom. The van der Waals surface area contributed by atoms with Crippen molar-refractivity contribution in [3.8, 4) is 5.75 Å². The van der Waals surface area contributed by atoms with Crippen molar-refractivity contribution in [2.24, 2.45) is 0 Å². The number of hydrogen-bond acceptors (Lipinski definition) is 5. The van der Waals surface area contributed by atoms with Gasteiger partial charge in [0.15, 0.2) is 6.10 Å². The highest BCUT2D eigenvalue weighted by Gasteiger charge is 2.20. The molecule has 0 aliphatic heterocycles. The molecule has 0 saturated heterocycles. The van der Waals surface area contributed by atoms with Crippen molar-refractivity contribution in [1.82, 2.24) is 0 Å². The first-order valence-corrected chi connectivity index (χ1v) is 8.54. The van der Waals surface area contributed by atoms with Gasteiger partial charge in [0, 0.05) is 22.9 Å². The number of esters is 1. The topological polar surface area (TPSA) is 77.8 Å². The number of hydrogen-bond donors (Lipinski definition) is 1. The molecule has 0 radical (unpaired) electrons. The number of para-hydroxylation sites is 1. The second kappa shape index (κ2) is 7.53. The summed E-state index contributed by atoms with van der Waals surface area (Å²) in [6.45, 7) is 5.07. The molecule has 0 aliphatic rings. The van der Waals surface area contributed by atoms with E-state index >= 15 is 0 Å². The van der Waals surface area contributed by atoms with E-state index in [1.54, 1.807) is 19.9 Å². The lowest BCUT2D eigenvalue weighted by Crippen LogP contribution is -2.29. The van der Waals surface area contributed by atoms with E-state index in [1.165, 1.54) is 20.1 Å². The van der Waals surface area contributed by atoms with Gasteiger partial charge in [0.25, 0.3) is 5.91 Å². The van der Waals surface area contributed by atoms with E-state index in [0.29, 0.717) is 17.0 Å². The summed E-state index contributed by atoms with van der Waals surface area (Å²) < 4.78 is 16.4. The largest absolute Gasteiger partial charge is 0.495 e. The number of furan rings is 1. The van der Waals surface area contributed by atoms with Gasteiger partial charge in [-0.25, -0.2) is 4.79 Å². The van der Waals surface area contributed by atoms with E-state index in [-0.39, 0.29) is 0 Å². The molecule has 2 aromatic carbocycles. The Morgan fingerprint density at radius 1 is 1.11 bits per heavy atom. The van der Waals surface area contributed by atoms with Crippen molar-refractivity contribution >= 4 is 39.5 Å². The van der Waals surface area contributed by atoms with Gasteiger partial charge in [-0.1, -0.05) is 23.8 Å². The molecule has 0 bridgehead atoms. The zero-order valence-corrected chi connectivity index (χ0v) is 15.7. The quantitative estimate of drug-likeness (QED) is 0.533. The number of anilines is 1. The number of nitrogens with one attached hydrogen (secondary N) is 1. The van der Waals surface area contributed by atoms with Crippen molar-refractivity contribution in [3.63, 3.8) is 0 Å². The highest BCUT2D eigenvalue weighted by atomic mass is 16.5. The highest BCUT2D eigenvalue weighted by molar-refractivity contribution is 6.08. The predicted octanol–water partition coefficient (Wildman–Crippen LogP) is 4.43. The maximum Gasteiger partial charge on any atom is 0.331 e. The molecule has 3 rings (SSSR count). The average molecular weight is 367 g/mol. The van der Waals surface area contributed by atoms with Crippen molar-refractivity contribution in [3.05, 3.63) is 48.0 Å². The molecule has 6 nitrogen and oxygen atoms in total. The van der Waals surface area contributed by atoms with E-state index in [1.807, 2.05) is 30.3 Å². The third-order valence-electron chi connectivity index (χ3n) is 4.03. The van der Waals surface area contributed by atoms with Crippen LogP contribution in [0.25, 0.3) is 21.9 Å². The van der Waals surface area contributed by atoms with Crippen LogP contribution in [0.2, 0.25) is 0 Å². The fourth-order valence-corrected chi connectivity index (χ4v) is 2.75. The van der Waals surface area contributed by atoms with Crippen LogP contribution >= 0.6 is 0 Å². The first kappa shape index (κ1) is 18.5. The monoisotopic (exact) mass is 367 g/mol. The molecule has 1 amide bonds. The first-order valence-electron chi connectivity index (χ1n) is 8.54. The van der Waals surface area contributed by atoms with Gasteiger partial charge >= 0.3 is 5.97 Å². The number of ether oxygens (including phenoxy) is 2. The zero-order chi connectivity index (χ0) is 19.6. The lowest BCUT2D eigenvalue weighted by molar-refractivity contribution is -0.148. The standard InChI is InChI=1S/C21H21NO5/c1-12(2)9-20(23)26-13(3)21(24)22-16-11-18-15(10-19(16)25-4)14-7-5-6-8-17(14)27-18/h5-11,13H,1-4H3,(H,22,24)/t13-/m1/s1. The third-order valence-corrected chi connectivity index (χ3v) is 4.03. The van der Waals surface area contributed by atoms with Crippen LogP contribution in [0.15, 0.2) is 52.5 Å². The summed E-state index contributed by atoms with van der Waals surface area (Å²) in [6, 6.07) is 11.2. The maximum atomic E-state index is 12.4. The fourth-order valence-electron chi connectivity index (χ4n) is 2.75. The van der Waals surface area contributed by atoms with E-state index in [2.05, 4.69) is 5.32 Å². The van der Waals surface area contributed by atoms with Gasteiger partial charge < -0.3 is 19.2 Å². The molecule has 0 saturated carbocycles. The van der Waals surface area contributed by atoms with Gasteiger partial charge in [-0.3, -0.25) is 4.79 Å². The summed E-state index contributed by atoms with van der Waals surface area (Å²) >= 11 is 0. The number of methoxy groups -OCH3 is 1. The van der Waals surface area contributed by atoms with Gasteiger partial charge in [-0.15, -0.1) is 0 Å². The summed E-state index contributed by atoms with van der Waals surface area (Å²) in [7, 11) is 1.53. The molecular formula is C21H21NO5. The molecule has 0 aliphatic carbocycles. The molecule has 1 aromatic heterocycles. The SMILES string of the molecule is COc1cc2c(cc1NC(=O)[C@@H](C)OC(=O)C=C(C)C)oc1ccccc12. The van der Waals surface area contributed by atoms with E-state index in [0.717, 1.165) is 21.9 Å². The number of allylic oxidation sites excluding steroid dienone is 1. The van der Waals surface area contributed by atoms with Crippen LogP contribution in [0.3, 0.4) is 0 Å². The molecule has 3 aromatic rings. The minimum Gasteiger partial charge on any atom is -0.495 e. The van der Waals surface area contributed by atoms with Crippen LogP contribution < -0.4 is 10.1 Å².